The van der Waals surface area contributed by atoms with Gasteiger partial charge in [0.1, 0.15) is 10.8 Å². The van der Waals surface area contributed by atoms with Crippen LogP contribution in [0, 0.1) is 0 Å². The van der Waals surface area contributed by atoms with Gasteiger partial charge in [-0.25, -0.2) is 9.97 Å². The van der Waals surface area contributed by atoms with Crippen molar-refractivity contribution in [1.29, 1.82) is 0 Å². The molecule has 2 heterocycles. The smallest absolute Gasteiger partial charge is 0.172 e. The number of H-pyrrole nitrogens is 1. The van der Waals surface area contributed by atoms with Gasteiger partial charge in [0.2, 0.25) is 0 Å². The maximum atomic E-state index is 6.10. The number of pyridine rings is 1. The summed E-state index contributed by atoms with van der Waals surface area (Å²) in [6.45, 7) is 0. The van der Waals surface area contributed by atoms with Crippen LogP contribution in [0.1, 0.15) is 0 Å². The molecule has 20 heavy (non-hydrogen) atoms. The lowest BCUT2D eigenvalue weighted by molar-refractivity contribution is 0.415. The molecule has 3 N–H and O–H groups in total. The van der Waals surface area contributed by atoms with Crippen molar-refractivity contribution >= 4 is 40.1 Å². The summed E-state index contributed by atoms with van der Waals surface area (Å²) in [5.74, 6) is 0.779. The Morgan fingerprint density at radius 1 is 1.35 bits per heavy atom. The number of imidazole rings is 1. The molecule has 0 spiro atoms. The molecule has 0 saturated heterocycles. The van der Waals surface area contributed by atoms with Gasteiger partial charge in [-0.3, -0.25) is 0 Å². The lowest BCUT2D eigenvalue weighted by Crippen LogP contribution is -1.89. The second-order valence-electron chi connectivity index (χ2n) is 4.08. The molecule has 0 amide bonds. The number of nitrogens with two attached hydrogens (primary N) is 1. The number of benzene rings is 1. The van der Waals surface area contributed by atoms with Gasteiger partial charge >= 0.3 is 0 Å². The fourth-order valence-corrected chi connectivity index (χ4v) is 2.79. The molecule has 1 aromatic carbocycles. The van der Waals surface area contributed by atoms with E-state index in [2.05, 4.69) is 15.0 Å². The van der Waals surface area contributed by atoms with E-state index < -0.39 is 0 Å². The average Bonchev–Trinajstić information content (AvgIpc) is 2.83. The molecule has 0 unspecified atom stereocenters. The van der Waals surface area contributed by atoms with E-state index in [1.165, 1.54) is 11.8 Å². The first-order valence-electron chi connectivity index (χ1n) is 5.78. The van der Waals surface area contributed by atoms with Crippen LogP contribution in [-0.2, 0) is 0 Å². The summed E-state index contributed by atoms with van der Waals surface area (Å²) < 4.78 is 5.18. The van der Waals surface area contributed by atoms with Crippen LogP contribution in [0.3, 0.4) is 0 Å². The SMILES string of the molecule is COc1ccc2nc(Sc3ncc(N)cc3Cl)[nH]c2c1. The van der Waals surface area contributed by atoms with Crippen LogP contribution in [0.4, 0.5) is 5.69 Å². The number of rotatable bonds is 3. The number of nitrogens with zero attached hydrogens (tertiary/aromatic N) is 2. The second kappa shape index (κ2) is 5.22. The second-order valence-corrected chi connectivity index (χ2v) is 5.47. The van der Waals surface area contributed by atoms with Crippen LogP contribution < -0.4 is 10.5 Å². The van der Waals surface area contributed by atoms with E-state index in [1.54, 1.807) is 19.4 Å². The number of hydrogen-bond acceptors (Lipinski definition) is 5. The van der Waals surface area contributed by atoms with E-state index in [1.807, 2.05) is 18.2 Å². The van der Waals surface area contributed by atoms with Crippen molar-refractivity contribution in [2.45, 2.75) is 10.2 Å². The molecule has 7 heteroatoms. The number of nitrogens with one attached hydrogen (secondary N) is 1. The monoisotopic (exact) mass is 306 g/mol. The summed E-state index contributed by atoms with van der Waals surface area (Å²) in [4.78, 5) is 11.9. The zero-order valence-electron chi connectivity index (χ0n) is 10.6. The molecular formula is C13H11ClN4OS. The van der Waals surface area contributed by atoms with Gasteiger partial charge in [-0.1, -0.05) is 11.6 Å². The Morgan fingerprint density at radius 3 is 2.95 bits per heavy atom. The number of hydrogen-bond donors (Lipinski definition) is 2. The minimum absolute atomic E-state index is 0.507. The van der Waals surface area contributed by atoms with Gasteiger partial charge in [-0.15, -0.1) is 0 Å². The summed E-state index contributed by atoms with van der Waals surface area (Å²) >= 11 is 7.46. The van der Waals surface area contributed by atoms with Gasteiger partial charge in [-0.05, 0) is 30.0 Å². The molecular weight excluding hydrogens is 296 g/mol. The number of nitrogen functional groups attached to an aromatic ring is 1. The first-order chi connectivity index (χ1) is 9.65. The van der Waals surface area contributed by atoms with E-state index >= 15 is 0 Å². The van der Waals surface area contributed by atoms with Gasteiger partial charge in [0, 0.05) is 6.07 Å². The topological polar surface area (TPSA) is 76.8 Å². The van der Waals surface area contributed by atoms with Crippen molar-refractivity contribution in [3.8, 4) is 5.75 Å². The largest absolute Gasteiger partial charge is 0.497 e. The quantitative estimate of drug-likeness (QED) is 0.776. The Hall–Kier alpha value is -1.92. The zero-order valence-corrected chi connectivity index (χ0v) is 12.1. The summed E-state index contributed by atoms with van der Waals surface area (Å²) in [5, 5.41) is 1.88. The van der Waals surface area contributed by atoms with E-state index in [0.29, 0.717) is 20.9 Å². The summed E-state index contributed by atoms with van der Waals surface area (Å²) in [5.41, 5.74) is 7.92. The van der Waals surface area contributed by atoms with Gasteiger partial charge in [0.25, 0.3) is 0 Å². The normalized spacial score (nSPS) is 10.9. The molecule has 3 aromatic rings. The minimum atomic E-state index is 0.507. The molecule has 5 nitrogen and oxygen atoms in total. The Kier molecular flexibility index (Phi) is 3.42. The maximum Gasteiger partial charge on any atom is 0.172 e. The van der Waals surface area contributed by atoms with Gasteiger partial charge < -0.3 is 15.5 Å². The minimum Gasteiger partial charge on any atom is -0.497 e. The fraction of sp³-hybridized carbons (Fsp3) is 0.0769. The predicted molar refractivity (Wildman–Crippen MR) is 80.4 cm³/mol. The molecule has 0 atom stereocenters. The molecule has 2 aromatic heterocycles. The van der Waals surface area contributed by atoms with Crippen molar-refractivity contribution in [1.82, 2.24) is 15.0 Å². The van der Waals surface area contributed by atoms with Gasteiger partial charge in [0.15, 0.2) is 5.16 Å². The number of halogens is 1. The van der Waals surface area contributed by atoms with Crippen molar-refractivity contribution in [3.63, 3.8) is 0 Å². The number of anilines is 1. The van der Waals surface area contributed by atoms with E-state index in [9.17, 15) is 0 Å². The highest BCUT2D eigenvalue weighted by Gasteiger charge is 2.09. The number of methoxy groups -OCH3 is 1. The Balaban J connectivity index is 1.94. The van der Waals surface area contributed by atoms with E-state index in [0.717, 1.165) is 16.8 Å². The first kappa shape index (κ1) is 13.1. The predicted octanol–water partition coefficient (Wildman–Crippen LogP) is 3.35. The van der Waals surface area contributed by atoms with E-state index in [-0.39, 0.29) is 0 Å². The molecule has 0 saturated carbocycles. The maximum absolute atomic E-state index is 6.10. The summed E-state index contributed by atoms with van der Waals surface area (Å²) in [6, 6.07) is 7.33. The Bertz CT molecular complexity index is 774. The lowest BCUT2D eigenvalue weighted by atomic mass is 10.3. The lowest BCUT2D eigenvalue weighted by Gasteiger charge is -2.00. The highest BCUT2D eigenvalue weighted by molar-refractivity contribution is 7.99. The summed E-state index contributed by atoms with van der Waals surface area (Å²) in [6.07, 6.45) is 1.57. The fourth-order valence-electron chi connectivity index (χ4n) is 1.75. The molecule has 0 aliphatic rings. The highest BCUT2D eigenvalue weighted by atomic mass is 35.5. The average molecular weight is 307 g/mol. The van der Waals surface area contributed by atoms with Crippen LogP contribution in [0.15, 0.2) is 40.6 Å². The number of aromatic nitrogens is 3. The zero-order chi connectivity index (χ0) is 14.1. The number of fused-ring (bicyclic) bond motifs is 1. The molecule has 102 valence electrons. The molecule has 0 bridgehead atoms. The Labute approximate surface area is 124 Å². The van der Waals surface area contributed by atoms with Gasteiger partial charge in [-0.2, -0.15) is 0 Å². The molecule has 0 fully saturated rings. The van der Waals surface area contributed by atoms with Crippen molar-refractivity contribution in [2.75, 3.05) is 12.8 Å². The van der Waals surface area contributed by atoms with Crippen molar-refractivity contribution < 1.29 is 4.74 Å². The summed E-state index contributed by atoms with van der Waals surface area (Å²) in [7, 11) is 1.63. The third-order valence-electron chi connectivity index (χ3n) is 2.69. The van der Waals surface area contributed by atoms with Crippen LogP contribution in [0.5, 0.6) is 5.75 Å². The first-order valence-corrected chi connectivity index (χ1v) is 6.98. The van der Waals surface area contributed by atoms with Gasteiger partial charge in [0.05, 0.1) is 35.1 Å². The van der Waals surface area contributed by atoms with Crippen LogP contribution in [-0.4, -0.2) is 22.1 Å². The van der Waals surface area contributed by atoms with E-state index in [4.69, 9.17) is 22.1 Å². The van der Waals surface area contributed by atoms with Crippen LogP contribution >= 0.6 is 23.4 Å². The molecule has 3 rings (SSSR count). The van der Waals surface area contributed by atoms with Crippen LogP contribution in [0.25, 0.3) is 11.0 Å². The van der Waals surface area contributed by atoms with Crippen LogP contribution in [0.2, 0.25) is 5.02 Å². The van der Waals surface area contributed by atoms with Crippen molar-refractivity contribution in [3.05, 3.63) is 35.5 Å². The Morgan fingerprint density at radius 2 is 2.20 bits per heavy atom. The number of aromatic amines is 1. The molecule has 0 aliphatic heterocycles. The van der Waals surface area contributed by atoms with Crippen molar-refractivity contribution in [2.24, 2.45) is 0 Å². The third kappa shape index (κ3) is 2.52. The highest BCUT2D eigenvalue weighted by Crippen LogP contribution is 2.32. The molecule has 0 aliphatic carbocycles. The molecule has 0 radical (unpaired) electrons. The number of ether oxygens (including phenoxy) is 1. The third-order valence-corrected chi connectivity index (χ3v) is 3.99. The standard InChI is InChI=1S/C13H11ClN4OS/c1-19-8-2-3-10-11(5-8)18-13(17-10)20-12-9(14)4-7(15)6-16-12/h2-6H,15H2,1H3,(H,17,18).